The summed E-state index contributed by atoms with van der Waals surface area (Å²) in [6, 6.07) is 68.7. The van der Waals surface area contributed by atoms with Crippen molar-refractivity contribution in [3.05, 3.63) is 205 Å². The van der Waals surface area contributed by atoms with Crippen molar-refractivity contribution in [2.75, 3.05) is 15.1 Å². The zero-order chi connectivity index (χ0) is 31.4. The molecule has 0 amide bonds. The molecular formula is C42H34BrN3. The predicted octanol–water partition coefficient (Wildman–Crippen LogP) is 12.8. The van der Waals surface area contributed by atoms with Crippen LogP contribution < -0.4 is 15.1 Å². The van der Waals surface area contributed by atoms with Crippen LogP contribution in [0.1, 0.15) is 0 Å². The van der Waals surface area contributed by atoms with Crippen LogP contribution in [0.3, 0.4) is 0 Å². The van der Waals surface area contributed by atoms with Gasteiger partial charge in [-0.1, -0.05) is 107 Å². The van der Waals surface area contributed by atoms with E-state index < -0.39 is 0 Å². The molecule has 0 atom stereocenters. The van der Waals surface area contributed by atoms with Crippen LogP contribution in [0, 0.1) is 0 Å². The highest BCUT2D eigenvalue weighted by Gasteiger charge is 2.12. The van der Waals surface area contributed by atoms with Gasteiger partial charge in [-0.2, -0.15) is 0 Å². The second-order valence-electron chi connectivity index (χ2n) is 10.5. The van der Waals surface area contributed by atoms with E-state index in [4.69, 9.17) is 0 Å². The van der Waals surface area contributed by atoms with Gasteiger partial charge < -0.3 is 15.1 Å². The average molecular weight is 661 g/mol. The summed E-state index contributed by atoms with van der Waals surface area (Å²) in [6.45, 7) is 0. The van der Waals surface area contributed by atoms with Gasteiger partial charge in [0.25, 0.3) is 0 Å². The monoisotopic (exact) mass is 659 g/mol. The Balaban J connectivity index is 0.000000167. The minimum absolute atomic E-state index is 1.07. The van der Waals surface area contributed by atoms with E-state index >= 15 is 0 Å². The van der Waals surface area contributed by atoms with Crippen LogP contribution in [0.25, 0.3) is 0 Å². The van der Waals surface area contributed by atoms with E-state index in [9.17, 15) is 0 Å². The molecule has 0 aliphatic carbocycles. The zero-order valence-electron chi connectivity index (χ0n) is 25.3. The molecule has 0 spiro atoms. The molecule has 0 unspecified atom stereocenters. The third-order valence-electron chi connectivity index (χ3n) is 7.33. The van der Waals surface area contributed by atoms with Gasteiger partial charge in [0.15, 0.2) is 0 Å². The maximum atomic E-state index is 3.49. The molecule has 0 saturated heterocycles. The molecule has 46 heavy (non-hydrogen) atoms. The number of anilines is 8. The van der Waals surface area contributed by atoms with Crippen molar-refractivity contribution in [1.82, 2.24) is 0 Å². The molecule has 0 radical (unpaired) electrons. The lowest BCUT2D eigenvalue weighted by Gasteiger charge is -2.25. The zero-order valence-corrected chi connectivity index (χ0v) is 26.9. The molecule has 224 valence electrons. The van der Waals surface area contributed by atoms with Gasteiger partial charge in [-0.25, -0.2) is 0 Å². The normalized spacial score (nSPS) is 10.3. The second-order valence-corrected chi connectivity index (χ2v) is 11.4. The first-order chi connectivity index (χ1) is 22.7. The van der Waals surface area contributed by atoms with E-state index in [1.807, 2.05) is 42.5 Å². The van der Waals surface area contributed by atoms with Crippen molar-refractivity contribution >= 4 is 61.4 Å². The molecule has 1 N–H and O–H groups in total. The fourth-order valence-corrected chi connectivity index (χ4v) is 5.44. The van der Waals surface area contributed by atoms with Crippen LogP contribution in [-0.4, -0.2) is 0 Å². The SMILES string of the molecule is Brc1ccc(N(c2ccccc2)c2ccccc2)cc1.c1ccc(Nc2ccc(N(c3ccccc3)c3ccccc3)cc2)cc1. The fraction of sp³-hybridized carbons (Fsp3) is 0. The molecule has 4 heteroatoms. The van der Waals surface area contributed by atoms with E-state index in [1.165, 1.54) is 0 Å². The van der Waals surface area contributed by atoms with Gasteiger partial charge in [0, 0.05) is 50.0 Å². The average Bonchev–Trinajstić information content (AvgIpc) is 3.13. The topological polar surface area (TPSA) is 18.5 Å². The number of rotatable bonds is 8. The third kappa shape index (κ3) is 7.92. The summed E-state index contributed by atoms with van der Waals surface area (Å²) < 4.78 is 1.09. The summed E-state index contributed by atoms with van der Waals surface area (Å²) in [7, 11) is 0. The van der Waals surface area contributed by atoms with Gasteiger partial charge in [-0.15, -0.1) is 0 Å². The third-order valence-corrected chi connectivity index (χ3v) is 7.86. The molecule has 0 aliphatic rings. The van der Waals surface area contributed by atoms with Crippen LogP contribution in [0.15, 0.2) is 205 Å². The van der Waals surface area contributed by atoms with Crippen LogP contribution >= 0.6 is 15.9 Å². The Hall–Kier alpha value is -5.58. The first-order valence-electron chi connectivity index (χ1n) is 15.2. The molecule has 7 aromatic carbocycles. The summed E-state index contributed by atoms with van der Waals surface area (Å²) in [5.74, 6) is 0. The quantitative estimate of drug-likeness (QED) is 0.175. The maximum Gasteiger partial charge on any atom is 0.0463 e. The number of hydrogen-bond donors (Lipinski definition) is 1. The van der Waals surface area contributed by atoms with Crippen molar-refractivity contribution in [2.24, 2.45) is 0 Å². The molecule has 0 aliphatic heterocycles. The molecule has 7 aromatic rings. The van der Waals surface area contributed by atoms with Crippen molar-refractivity contribution < 1.29 is 0 Å². The summed E-state index contributed by atoms with van der Waals surface area (Å²) in [6.07, 6.45) is 0. The number of halogens is 1. The number of para-hydroxylation sites is 5. The standard InChI is InChI=1S/C24H20N2.C18H14BrN/c1-4-10-20(11-5-1)25-21-16-18-24(19-17-21)26(22-12-6-2-7-13-22)23-14-8-3-9-15-23;19-15-11-13-18(14-12-15)20(16-7-3-1-4-8-16)17-9-5-2-6-10-17/h1-19,25H;1-14H. The van der Waals surface area contributed by atoms with Crippen molar-refractivity contribution in [2.45, 2.75) is 0 Å². The summed E-state index contributed by atoms with van der Waals surface area (Å²) in [5.41, 5.74) is 9.02. The molecular weight excluding hydrogens is 626 g/mol. The maximum absolute atomic E-state index is 3.49. The van der Waals surface area contributed by atoms with E-state index in [2.05, 4.69) is 189 Å². The molecule has 0 bridgehead atoms. The molecule has 0 heterocycles. The predicted molar refractivity (Wildman–Crippen MR) is 200 cm³/mol. The minimum atomic E-state index is 1.07. The summed E-state index contributed by atoms with van der Waals surface area (Å²) in [5, 5.41) is 3.43. The number of nitrogens with one attached hydrogen (secondary N) is 1. The molecule has 0 aromatic heterocycles. The van der Waals surface area contributed by atoms with E-state index in [0.29, 0.717) is 0 Å². The lowest BCUT2D eigenvalue weighted by molar-refractivity contribution is 1.28. The highest BCUT2D eigenvalue weighted by atomic mass is 79.9. The smallest absolute Gasteiger partial charge is 0.0463 e. The van der Waals surface area contributed by atoms with Crippen LogP contribution in [0.4, 0.5) is 45.5 Å². The number of nitrogens with zero attached hydrogens (tertiary/aromatic N) is 2. The Labute approximate surface area is 280 Å². The Morgan fingerprint density at radius 2 is 0.543 bits per heavy atom. The molecule has 7 rings (SSSR count). The van der Waals surface area contributed by atoms with Crippen LogP contribution in [0.2, 0.25) is 0 Å². The fourth-order valence-electron chi connectivity index (χ4n) is 5.17. The highest BCUT2D eigenvalue weighted by molar-refractivity contribution is 9.10. The van der Waals surface area contributed by atoms with E-state index in [0.717, 1.165) is 50.0 Å². The summed E-state index contributed by atoms with van der Waals surface area (Å²) in [4.78, 5) is 4.50. The van der Waals surface area contributed by atoms with Crippen molar-refractivity contribution in [3.63, 3.8) is 0 Å². The first-order valence-corrected chi connectivity index (χ1v) is 16.0. The van der Waals surface area contributed by atoms with Gasteiger partial charge in [0.05, 0.1) is 0 Å². The lowest BCUT2D eigenvalue weighted by Crippen LogP contribution is -2.09. The van der Waals surface area contributed by atoms with Gasteiger partial charge in [0.2, 0.25) is 0 Å². The Kier molecular flexibility index (Phi) is 10.2. The summed E-state index contributed by atoms with van der Waals surface area (Å²) >= 11 is 3.49. The van der Waals surface area contributed by atoms with Gasteiger partial charge in [-0.05, 0) is 109 Å². The second kappa shape index (κ2) is 15.4. The van der Waals surface area contributed by atoms with Gasteiger partial charge in [0.1, 0.15) is 0 Å². The molecule has 3 nitrogen and oxygen atoms in total. The first kappa shape index (κ1) is 30.4. The Bertz CT molecular complexity index is 1800. The largest absolute Gasteiger partial charge is 0.356 e. The van der Waals surface area contributed by atoms with Crippen LogP contribution in [0.5, 0.6) is 0 Å². The number of hydrogen-bond acceptors (Lipinski definition) is 3. The lowest BCUT2D eigenvalue weighted by atomic mass is 10.2. The Morgan fingerprint density at radius 1 is 0.283 bits per heavy atom. The van der Waals surface area contributed by atoms with Gasteiger partial charge in [-0.3, -0.25) is 0 Å². The van der Waals surface area contributed by atoms with Crippen molar-refractivity contribution in [1.29, 1.82) is 0 Å². The highest BCUT2D eigenvalue weighted by Crippen LogP contribution is 2.36. The van der Waals surface area contributed by atoms with Crippen molar-refractivity contribution in [3.8, 4) is 0 Å². The Morgan fingerprint density at radius 3 is 0.891 bits per heavy atom. The number of benzene rings is 7. The molecule has 0 fully saturated rings. The minimum Gasteiger partial charge on any atom is -0.356 e. The van der Waals surface area contributed by atoms with Gasteiger partial charge >= 0.3 is 0 Å². The van der Waals surface area contributed by atoms with E-state index in [1.54, 1.807) is 0 Å². The molecule has 0 saturated carbocycles. The van der Waals surface area contributed by atoms with Crippen LogP contribution in [-0.2, 0) is 0 Å². The van der Waals surface area contributed by atoms with E-state index in [-0.39, 0.29) is 0 Å².